The number of carboxylic acid groups (broad SMARTS) is 1. The third-order valence-corrected chi connectivity index (χ3v) is 2.36. The summed E-state index contributed by atoms with van der Waals surface area (Å²) in [5, 5.41) is 8.95. The van der Waals surface area contributed by atoms with Gasteiger partial charge in [0.15, 0.2) is 0 Å². The number of carbonyl (C=O) groups is 1. The molecule has 0 atom stereocenters. The molecule has 0 heterocycles. The van der Waals surface area contributed by atoms with Crippen molar-refractivity contribution in [2.75, 3.05) is 0 Å². The highest BCUT2D eigenvalue weighted by Gasteiger charge is 2.28. The molecule has 0 aliphatic heterocycles. The molecule has 0 aromatic heterocycles. The molecule has 1 aromatic rings. The van der Waals surface area contributed by atoms with Crippen LogP contribution < -0.4 is 0 Å². The zero-order valence-corrected chi connectivity index (χ0v) is 8.25. The van der Waals surface area contributed by atoms with E-state index in [0.717, 1.165) is 0 Å². The molecular weight excluding hydrogens is 183 g/mol. The predicted octanol–water partition coefficient (Wildman–Crippen LogP) is 2.52. The van der Waals surface area contributed by atoms with Crippen molar-refractivity contribution in [3.63, 3.8) is 0 Å². The Morgan fingerprint density at radius 2 is 1.86 bits per heavy atom. The number of aliphatic carboxylic acids is 1. The Kier molecular flexibility index (Phi) is 2.89. The lowest BCUT2D eigenvalue weighted by Gasteiger charge is -2.19. The second kappa shape index (κ2) is 3.78. The van der Waals surface area contributed by atoms with Crippen LogP contribution in [0, 0.1) is 0 Å². The van der Waals surface area contributed by atoms with Gasteiger partial charge in [0.25, 0.3) is 0 Å². The van der Waals surface area contributed by atoms with Gasteiger partial charge in [0.05, 0.1) is 5.41 Å². The Balaban J connectivity index is 3.02. The molecule has 0 amide bonds. The summed E-state index contributed by atoms with van der Waals surface area (Å²) in [6.45, 7) is 2.73. The summed E-state index contributed by atoms with van der Waals surface area (Å²) in [5.41, 5.74) is 0.326. The van der Waals surface area contributed by atoms with Crippen molar-refractivity contribution < 1.29 is 14.3 Å². The van der Waals surface area contributed by atoms with Gasteiger partial charge < -0.3 is 5.11 Å². The lowest BCUT2D eigenvalue weighted by atomic mass is 9.84. The standard InChI is InChI=1S/C11H13FO2/c1-11(2,10(13)14)9-5-3-8(7-12)4-6-9/h3-6H,7H2,1-2H3,(H,13,14). The van der Waals surface area contributed by atoms with Crippen LogP contribution in [0.15, 0.2) is 24.3 Å². The number of hydrogen-bond acceptors (Lipinski definition) is 1. The highest BCUT2D eigenvalue weighted by molar-refractivity contribution is 5.80. The first kappa shape index (κ1) is 10.7. The Hall–Kier alpha value is -1.38. The van der Waals surface area contributed by atoms with E-state index in [1.54, 1.807) is 38.1 Å². The van der Waals surface area contributed by atoms with Gasteiger partial charge >= 0.3 is 5.97 Å². The van der Waals surface area contributed by atoms with Crippen LogP contribution in [0.25, 0.3) is 0 Å². The maximum absolute atomic E-state index is 12.2. The second-order valence-corrected chi connectivity index (χ2v) is 3.76. The van der Waals surface area contributed by atoms with Gasteiger partial charge in [-0.25, -0.2) is 4.39 Å². The van der Waals surface area contributed by atoms with Gasteiger partial charge in [-0.3, -0.25) is 4.79 Å². The second-order valence-electron chi connectivity index (χ2n) is 3.76. The van der Waals surface area contributed by atoms with Crippen molar-refractivity contribution in [2.24, 2.45) is 0 Å². The van der Waals surface area contributed by atoms with Crippen LogP contribution in [0.1, 0.15) is 25.0 Å². The number of benzene rings is 1. The van der Waals surface area contributed by atoms with Crippen molar-refractivity contribution in [2.45, 2.75) is 25.9 Å². The minimum Gasteiger partial charge on any atom is -0.481 e. The summed E-state index contributed by atoms with van der Waals surface area (Å²) in [7, 11) is 0. The van der Waals surface area contributed by atoms with Gasteiger partial charge in [-0.2, -0.15) is 0 Å². The number of halogens is 1. The molecule has 0 aliphatic carbocycles. The molecule has 0 fully saturated rings. The molecule has 1 N–H and O–H groups in total. The fraction of sp³-hybridized carbons (Fsp3) is 0.364. The Morgan fingerprint density at radius 1 is 1.36 bits per heavy atom. The monoisotopic (exact) mass is 196 g/mol. The summed E-state index contributed by atoms with van der Waals surface area (Å²) in [5.74, 6) is -0.884. The molecule has 0 saturated heterocycles. The van der Waals surface area contributed by atoms with Gasteiger partial charge in [0, 0.05) is 0 Å². The summed E-state index contributed by atoms with van der Waals surface area (Å²) < 4.78 is 12.2. The number of hydrogen-bond donors (Lipinski definition) is 1. The molecule has 0 bridgehead atoms. The zero-order chi connectivity index (χ0) is 10.8. The van der Waals surface area contributed by atoms with E-state index in [-0.39, 0.29) is 0 Å². The number of alkyl halides is 1. The maximum atomic E-state index is 12.2. The molecule has 1 aromatic carbocycles. The first-order chi connectivity index (χ1) is 6.48. The predicted molar refractivity (Wildman–Crippen MR) is 51.9 cm³/mol. The average Bonchev–Trinajstić information content (AvgIpc) is 2.17. The summed E-state index contributed by atoms with van der Waals surface area (Å²) in [6, 6.07) is 6.53. The zero-order valence-electron chi connectivity index (χ0n) is 8.25. The number of carboxylic acids is 1. The molecule has 0 spiro atoms. The molecule has 76 valence electrons. The SMILES string of the molecule is CC(C)(C(=O)O)c1ccc(CF)cc1. The lowest BCUT2D eigenvalue weighted by Crippen LogP contribution is -2.28. The Labute approximate surface area is 82.4 Å². The van der Waals surface area contributed by atoms with Crippen LogP contribution in [0.3, 0.4) is 0 Å². The fourth-order valence-electron chi connectivity index (χ4n) is 1.13. The molecule has 1 rings (SSSR count). The molecular formula is C11H13FO2. The molecule has 2 nitrogen and oxygen atoms in total. The topological polar surface area (TPSA) is 37.3 Å². The third-order valence-electron chi connectivity index (χ3n) is 2.36. The van der Waals surface area contributed by atoms with E-state index in [2.05, 4.69) is 0 Å². The van der Waals surface area contributed by atoms with E-state index in [1.807, 2.05) is 0 Å². The molecule has 14 heavy (non-hydrogen) atoms. The third kappa shape index (κ3) is 1.92. The van der Waals surface area contributed by atoms with Crippen LogP contribution in [0.4, 0.5) is 4.39 Å². The quantitative estimate of drug-likeness (QED) is 0.806. The van der Waals surface area contributed by atoms with Crippen LogP contribution >= 0.6 is 0 Å². The fourth-order valence-corrected chi connectivity index (χ4v) is 1.13. The average molecular weight is 196 g/mol. The highest BCUT2D eigenvalue weighted by Crippen LogP contribution is 2.23. The minimum atomic E-state index is -0.922. The Morgan fingerprint density at radius 3 is 2.21 bits per heavy atom. The normalized spacial score (nSPS) is 11.4. The van der Waals surface area contributed by atoms with E-state index in [0.29, 0.717) is 11.1 Å². The van der Waals surface area contributed by atoms with Crippen molar-refractivity contribution >= 4 is 5.97 Å². The molecule has 0 aliphatic rings. The summed E-state index contributed by atoms with van der Waals surface area (Å²) in [6.07, 6.45) is 0. The molecule has 0 unspecified atom stereocenters. The van der Waals surface area contributed by atoms with E-state index < -0.39 is 18.1 Å². The first-order valence-electron chi connectivity index (χ1n) is 4.37. The lowest BCUT2D eigenvalue weighted by molar-refractivity contribution is -0.142. The largest absolute Gasteiger partial charge is 0.481 e. The van der Waals surface area contributed by atoms with Gasteiger partial charge in [-0.15, -0.1) is 0 Å². The van der Waals surface area contributed by atoms with Crippen molar-refractivity contribution in [1.82, 2.24) is 0 Å². The van der Waals surface area contributed by atoms with Crippen LogP contribution in [0.2, 0.25) is 0 Å². The van der Waals surface area contributed by atoms with E-state index in [1.165, 1.54) is 0 Å². The Bertz CT molecular complexity index is 328. The van der Waals surface area contributed by atoms with Gasteiger partial charge in [0.1, 0.15) is 6.67 Å². The van der Waals surface area contributed by atoms with Crippen LogP contribution in [0.5, 0.6) is 0 Å². The van der Waals surface area contributed by atoms with Gasteiger partial charge in [0.2, 0.25) is 0 Å². The molecule has 0 saturated carbocycles. The first-order valence-corrected chi connectivity index (χ1v) is 4.37. The van der Waals surface area contributed by atoms with Gasteiger partial charge in [-0.05, 0) is 25.0 Å². The summed E-state index contributed by atoms with van der Waals surface area (Å²) in [4.78, 5) is 10.9. The van der Waals surface area contributed by atoms with E-state index >= 15 is 0 Å². The minimum absolute atomic E-state index is 0.520. The van der Waals surface area contributed by atoms with Crippen molar-refractivity contribution in [3.8, 4) is 0 Å². The smallest absolute Gasteiger partial charge is 0.313 e. The van der Waals surface area contributed by atoms with Gasteiger partial charge in [-0.1, -0.05) is 24.3 Å². The van der Waals surface area contributed by atoms with Crippen molar-refractivity contribution in [3.05, 3.63) is 35.4 Å². The van der Waals surface area contributed by atoms with E-state index in [4.69, 9.17) is 5.11 Å². The van der Waals surface area contributed by atoms with Crippen molar-refractivity contribution in [1.29, 1.82) is 0 Å². The maximum Gasteiger partial charge on any atom is 0.313 e. The van der Waals surface area contributed by atoms with Crippen LogP contribution in [-0.4, -0.2) is 11.1 Å². The molecule has 0 radical (unpaired) electrons. The number of rotatable bonds is 3. The highest BCUT2D eigenvalue weighted by atomic mass is 19.1. The molecule has 3 heteroatoms. The van der Waals surface area contributed by atoms with Crippen LogP contribution in [-0.2, 0) is 16.9 Å². The van der Waals surface area contributed by atoms with E-state index in [9.17, 15) is 9.18 Å². The summed E-state index contributed by atoms with van der Waals surface area (Å²) >= 11 is 0.